The van der Waals surface area contributed by atoms with Gasteiger partial charge in [0.25, 0.3) is 0 Å². The van der Waals surface area contributed by atoms with Crippen molar-refractivity contribution < 1.29 is 0 Å². The van der Waals surface area contributed by atoms with Crippen molar-refractivity contribution in [2.75, 3.05) is 42.9 Å². The summed E-state index contributed by atoms with van der Waals surface area (Å²) in [6, 6.07) is 24.8. The van der Waals surface area contributed by atoms with Gasteiger partial charge in [-0.25, -0.2) is 4.98 Å². The lowest BCUT2D eigenvalue weighted by molar-refractivity contribution is 0.246. The second-order valence-electron chi connectivity index (χ2n) is 7.97. The molecule has 0 amide bonds. The predicted octanol–water partition coefficient (Wildman–Crippen LogP) is 3.84. The maximum atomic E-state index is 4.81. The Morgan fingerprint density at radius 3 is 2.25 bits per heavy atom. The number of anilines is 2. The number of rotatable bonds is 7. The van der Waals surface area contributed by atoms with E-state index < -0.39 is 0 Å². The molecule has 0 aliphatic carbocycles. The summed E-state index contributed by atoms with van der Waals surface area (Å²) in [5, 5.41) is 11.3. The molecule has 0 saturated carbocycles. The van der Waals surface area contributed by atoms with Crippen molar-refractivity contribution in [3.05, 3.63) is 91.0 Å². The molecule has 5 rings (SSSR count). The van der Waals surface area contributed by atoms with Gasteiger partial charge in [-0.1, -0.05) is 36.4 Å². The van der Waals surface area contributed by atoms with Crippen LogP contribution >= 0.6 is 0 Å². The van der Waals surface area contributed by atoms with Crippen LogP contribution in [0.1, 0.15) is 11.9 Å². The molecule has 2 aromatic carbocycles. The number of piperazine rings is 1. The lowest BCUT2D eigenvalue weighted by Gasteiger charge is -2.37. The molecule has 1 aliphatic rings. The van der Waals surface area contributed by atoms with Gasteiger partial charge in [0.05, 0.1) is 6.04 Å². The Kier molecular flexibility index (Phi) is 6.07. The van der Waals surface area contributed by atoms with Crippen LogP contribution in [0.3, 0.4) is 0 Å². The third-order valence-electron chi connectivity index (χ3n) is 5.82. The van der Waals surface area contributed by atoms with Crippen LogP contribution in [-0.4, -0.2) is 57.8 Å². The molecule has 0 radical (unpaired) electrons. The summed E-state index contributed by atoms with van der Waals surface area (Å²) in [4.78, 5) is 13.8. The number of aromatic amines is 1. The average molecular weight is 426 g/mol. The van der Waals surface area contributed by atoms with Gasteiger partial charge >= 0.3 is 0 Å². The predicted molar refractivity (Wildman–Crippen MR) is 128 cm³/mol. The molecule has 3 heterocycles. The van der Waals surface area contributed by atoms with Gasteiger partial charge < -0.3 is 10.2 Å². The molecule has 1 aliphatic heterocycles. The number of H-pyrrole nitrogens is 1. The van der Waals surface area contributed by atoms with Crippen molar-refractivity contribution in [1.29, 1.82) is 0 Å². The molecule has 32 heavy (non-hydrogen) atoms. The van der Waals surface area contributed by atoms with Gasteiger partial charge in [-0.3, -0.25) is 15.0 Å². The number of hydrogen-bond acceptors (Lipinski definition) is 6. The van der Waals surface area contributed by atoms with E-state index in [0.29, 0.717) is 5.82 Å². The SMILES string of the molecule is c1ccc(NC(CN2CCN(c3ccccc3)CC2)c2nc(-c3ccncc3)n[nH]2)cc1. The topological polar surface area (TPSA) is 73.0 Å². The maximum absolute atomic E-state index is 4.81. The zero-order chi connectivity index (χ0) is 21.6. The first-order chi connectivity index (χ1) is 15.8. The van der Waals surface area contributed by atoms with Gasteiger partial charge in [0.15, 0.2) is 5.82 Å². The van der Waals surface area contributed by atoms with E-state index in [1.807, 2.05) is 30.3 Å². The van der Waals surface area contributed by atoms with Crippen LogP contribution in [0, 0.1) is 0 Å². The number of pyridine rings is 1. The molecule has 2 aromatic heterocycles. The second kappa shape index (κ2) is 9.62. The fraction of sp³-hybridized carbons (Fsp3) is 0.240. The van der Waals surface area contributed by atoms with Gasteiger partial charge in [0.2, 0.25) is 0 Å². The number of hydrogen-bond donors (Lipinski definition) is 2. The third-order valence-corrected chi connectivity index (χ3v) is 5.82. The maximum Gasteiger partial charge on any atom is 0.181 e. The van der Waals surface area contributed by atoms with Gasteiger partial charge in [-0.15, -0.1) is 0 Å². The summed E-state index contributed by atoms with van der Waals surface area (Å²) in [5.74, 6) is 1.53. The summed E-state index contributed by atoms with van der Waals surface area (Å²) in [5.41, 5.74) is 3.32. The van der Waals surface area contributed by atoms with Gasteiger partial charge in [-0.2, -0.15) is 5.10 Å². The van der Waals surface area contributed by atoms with E-state index in [1.165, 1.54) is 5.69 Å². The van der Waals surface area contributed by atoms with Crippen LogP contribution < -0.4 is 10.2 Å². The first kappa shape index (κ1) is 20.2. The minimum absolute atomic E-state index is 0.00348. The monoisotopic (exact) mass is 425 g/mol. The molecule has 0 bridgehead atoms. The van der Waals surface area contributed by atoms with E-state index in [9.17, 15) is 0 Å². The molecule has 0 spiro atoms. The number of nitrogens with zero attached hydrogens (tertiary/aromatic N) is 5. The molecule has 1 atom stereocenters. The first-order valence-electron chi connectivity index (χ1n) is 11.0. The summed E-state index contributed by atoms with van der Waals surface area (Å²) in [7, 11) is 0. The Labute approximate surface area is 188 Å². The second-order valence-corrected chi connectivity index (χ2v) is 7.97. The van der Waals surface area contributed by atoms with Crippen molar-refractivity contribution in [1.82, 2.24) is 25.1 Å². The third kappa shape index (κ3) is 4.78. The Morgan fingerprint density at radius 2 is 1.53 bits per heavy atom. The fourth-order valence-corrected chi connectivity index (χ4v) is 4.08. The van der Waals surface area contributed by atoms with Crippen LogP contribution in [0.25, 0.3) is 11.4 Å². The first-order valence-corrected chi connectivity index (χ1v) is 11.0. The van der Waals surface area contributed by atoms with Crippen LogP contribution in [0.5, 0.6) is 0 Å². The molecular weight excluding hydrogens is 398 g/mol. The number of benzene rings is 2. The standard InChI is InChI=1S/C25H27N7/c1-3-7-21(8-4-1)27-23(25-28-24(29-30-25)20-11-13-26-14-12-20)19-31-15-17-32(18-16-31)22-9-5-2-6-10-22/h1-14,23,27H,15-19H2,(H,28,29,30). The zero-order valence-corrected chi connectivity index (χ0v) is 17.9. The highest BCUT2D eigenvalue weighted by Crippen LogP contribution is 2.22. The van der Waals surface area contributed by atoms with E-state index in [-0.39, 0.29) is 6.04 Å². The van der Waals surface area contributed by atoms with E-state index in [0.717, 1.165) is 49.8 Å². The Morgan fingerprint density at radius 1 is 0.844 bits per heavy atom. The quantitative estimate of drug-likeness (QED) is 0.469. The van der Waals surface area contributed by atoms with Gasteiger partial charge in [-0.05, 0) is 36.4 Å². The normalized spacial score (nSPS) is 15.4. The van der Waals surface area contributed by atoms with Gasteiger partial charge in [0, 0.05) is 62.1 Å². The van der Waals surface area contributed by atoms with E-state index in [2.05, 4.69) is 72.8 Å². The van der Waals surface area contributed by atoms with Crippen molar-refractivity contribution in [2.24, 2.45) is 0 Å². The summed E-state index contributed by atoms with van der Waals surface area (Å²) in [6.07, 6.45) is 3.52. The Balaban J connectivity index is 1.30. The highest BCUT2D eigenvalue weighted by atomic mass is 15.3. The minimum atomic E-state index is 0.00348. The van der Waals surface area contributed by atoms with Gasteiger partial charge in [0.1, 0.15) is 5.82 Å². The molecular formula is C25H27N7. The van der Waals surface area contributed by atoms with Crippen LogP contribution in [-0.2, 0) is 0 Å². The molecule has 7 heteroatoms. The zero-order valence-electron chi connectivity index (χ0n) is 17.9. The molecule has 7 nitrogen and oxygen atoms in total. The van der Waals surface area contributed by atoms with Crippen molar-refractivity contribution >= 4 is 11.4 Å². The Hall–Kier alpha value is -3.71. The smallest absolute Gasteiger partial charge is 0.181 e. The Bertz CT molecular complexity index is 1090. The number of para-hydroxylation sites is 2. The molecule has 1 unspecified atom stereocenters. The van der Waals surface area contributed by atoms with E-state index >= 15 is 0 Å². The van der Waals surface area contributed by atoms with Crippen LogP contribution in [0.4, 0.5) is 11.4 Å². The van der Waals surface area contributed by atoms with Crippen LogP contribution in [0.2, 0.25) is 0 Å². The summed E-state index contributed by atoms with van der Waals surface area (Å²) < 4.78 is 0. The largest absolute Gasteiger partial charge is 0.374 e. The molecule has 162 valence electrons. The lowest BCUT2D eigenvalue weighted by atomic mass is 10.2. The molecule has 1 saturated heterocycles. The van der Waals surface area contributed by atoms with Crippen LogP contribution in [0.15, 0.2) is 85.2 Å². The molecule has 2 N–H and O–H groups in total. The van der Waals surface area contributed by atoms with Crippen molar-refractivity contribution in [2.45, 2.75) is 6.04 Å². The lowest BCUT2D eigenvalue weighted by Crippen LogP contribution is -2.48. The van der Waals surface area contributed by atoms with Crippen molar-refractivity contribution in [3.63, 3.8) is 0 Å². The number of aromatic nitrogens is 4. The van der Waals surface area contributed by atoms with E-state index in [4.69, 9.17) is 4.98 Å². The summed E-state index contributed by atoms with van der Waals surface area (Å²) in [6.45, 7) is 4.89. The fourth-order valence-electron chi connectivity index (χ4n) is 4.08. The number of nitrogens with one attached hydrogen (secondary N) is 2. The minimum Gasteiger partial charge on any atom is -0.374 e. The average Bonchev–Trinajstić information content (AvgIpc) is 3.36. The highest BCUT2D eigenvalue weighted by molar-refractivity contribution is 5.53. The van der Waals surface area contributed by atoms with Crippen molar-refractivity contribution in [3.8, 4) is 11.4 Å². The van der Waals surface area contributed by atoms with E-state index in [1.54, 1.807) is 12.4 Å². The molecule has 4 aromatic rings. The molecule has 1 fully saturated rings. The summed E-state index contributed by atoms with van der Waals surface area (Å²) >= 11 is 0. The highest BCUT2D eigenvalue weighted by Gasteiger charge is 2.24.